The summed E-state index contributed by atoms with van der Waals surface area (Å²) >= 11 is 1.51. The Kier molecular flexibility index (Phi) is 4.97. The Labute approximate surface area is 174 Å². The number of rotatable bonds is 3. The summed E-state index contributed by atoms with van der Waals surface area (Å²) in [5.74, 6) is 0.949. The molecule has 1 aromatic heterocycles. The molecule has 0 spiro atoms. The Morgan fingerprint density at radius 3 is 2.34 bits per heavy atom. The Bertz CT molecular complexity index is 985. The Morgan fingerprint density at radius 2 is 1.62 bits per heavy atom. The molecule has 1 amide bonds. The van der Waals surface area contributed by atoms with Crippen LogP contribution in [0.1, 0.15) is 30.9 Å². The average Bonchev–Trinajstić information content (AvgIpc) is 3.22. The Morgan fingerprint density at radius 1 is 0.931 bits per heavy atom. The number of thioether (sulfide) groups is 1. The minimum Gasteiger partial charge on any atom is -0.342 e. The van der Waals surface area contributed by atoms with Gasteiger partial charge in [0, 0.05) is 18.7 Å². The third-order valence-electron chi connectivity index (χ3n) is 5.54. The predicted octanol–water partition coefficient (Wildman–Crippen LogP) is 3.72. The van der Waals surface area contributed by atoms with E-state index in [9.17, 15) is 4.79 Å². The van der Waals surface area contributed by atoms with Crippen LogP contribution in [0.3, 0.4) is 0 Å². The van der Waals surface area contributed by atoms with Crippen molar-refractivity contribution in [3.8, 4) is 11.4 Å². The molecule has 1 N–H and O–H groups in total. The molecule has 1 fully saturated rings. The van der Waals surface area contributed by atoms with Crippen molar-refractivity contribution in [1.82, 2.24) is 19.8 Å². The van der Waals surface area contributed by atoms with Crippen LogP contribution >= 0.6 is 11.8 Å². The van der Waals surface area contributed by atoms with Crippen molar-refractivity contribution in [2.75, 3.05) is 18.5 Å². The topological polar surface area (TPSA) is 63.1 Å². The molecule has 2 unspecified atom stereocenters. The fourth-order valence-electron chi connectivity index (χ4n) is 4.02. The molecule has 2 aromatic carbocycles. The van der Waals surface area contributed by atoms with E-state index in [0.29, 0.717) is 0 Å². The lowest BCUT2D eigenvalue weighted by molar-refractivity contribution is -0.131. The third kappa shape index (κ3) is 3.51. The smallest absolute Gasteiger partial charge is 0.238 e. The van der Waals surface area contributed by atoms with Crippen LogP contribution < -0.4 is 5.43 Å². The van der Waals surface area contributed by atoms with Gasteiger partial charge in [0.2, 0.25) is 11.1 Å². The van der Waals surface area contributed by atoms with Gasteiger partial charge in [-0.15, -0.1) is 10.2 Å². The van der Waals surface area contributed by atoms with Gasteiger partial charge in [-0.3, -0.25) is 4.79 Å². The maximum absolute atomic E-state index is 13.4. The highest BCUT2D eigenvalue weighted by Crippen LogP contribution is 2.39. The summed E-state index contributed by atoms with van der Waals surface area (Å²) in [6.45, 7) is 1.69. The highest BCUT2D eigenvalue weighted by atomic mass is 32.2. The monoisotopic (exact) mass is 405 g/mol. The van der Waals surface area contributed by atoms with Crippen molar-refractivity contribution in [3.63, 3.8) is 0 Å². The number of carbonyl (C=O) groups excluding carboxylic acids is 1. The number of fused-ring (bicyclic) bond motifs is 1. The second-order valence-corrected chi connectivity index (χ2v) is 8.56. The number of nitrogens with zero attached hydrogens (tertiary/aromatic N) is 4. The van der Waals surface area contributed by atoms with Gasteiger partial charge in [0.15, 0.2) is 5.82 Å². The number of aromatic nitrogens is 3. The minimum atomic E-state index is -0.268. The van der Waals surface area contributed by atoms with E-state index in [-0.39, 0.29) is 17.2 Å². The molecule has 29 heavy (non-hydrogen) atoms. The molecule has 2 atom stereocenters. The first-order chi connectivity index (χ1) is 14.3. The third-order valence-corrected chi connectivity index (χ3v) is 6.74. The molecule has 148 valence electrons. The van der Waals surface area contributed by atoms with Crippen molar-refractivity contribution in [2.24, 2.45) is 0 Å². The summed E-state index contributed by atoms with van der Waals surface area (Å²) in [5, 5.41) is 9.25. The lowest BCUT2D eigenvalue weighted by Crippen LogP contribution is -2.47. The average molecular weight is 406 g/mol. The fourth-order valence-corrected chi connectivity index (χ4v) is 5.19. The van der Waals surface area contributed by atoms with Gasteiger partial charge in [-0.05, 0) is 24.8 Å². The summed E-state index contributed by atoms with van der Waals surface area (Å²) < 4.78 is 1.93. The van der Waals surface area contributed by atoms with Crippen LogP contribution in [0.4, 0.5) is 0 Å². The number of hydrogen-bond acceptors (Lipinski definition) is 5. The van der Waals surface area contributed by atoms with Crippen molar-refractivity contribution in [2.45, 2.75) is 35.7 Å². The number of hydrogen-bond donors (Lipinski definition) is 1. The molecule has 2 aliphatic rings. The number of nitrogens with one attached hydrogen (secondary N) is 1. The molecule has 5 rings (SSSR count). The lowest BCUT2D eigenvalue weighted by atomic mass is 10.0. The number of piperidine rings is 1. The highest BCUT2D eigenvalue weighted by Gasteiger charge is 2.40. The zero-order valence-electron chi connectivity index (χ0n) is 16.1. The number of amides is 1. The zero-order chi connectivity index (χ0) is 19.6. The van der Waals surface area contributed by atoms with E-state index in [1.807, 2.05) is 58.1 Å². The molecule has 3 heterocycles. The fraction of sp³-hybridized carbons (Fsp3) is 0.318. The summed E-state index contributed by atoms with van der Waals surface area (Å²) in [6.07, 6.45) is 3.37. The van der Waals surface area contributed by atoms with Crippen molar-refractivity contribution < 1.29 is 4.79 Å². The van der Waals surface area contributed by atoms with E-state index in [4.69, 9.17) is 0 Å². The van der Waals surface area contributed by atoms with Crippen LogP contribution in [0.2, 0.25) is 0 Å². The first-order valence-electron chi connectivity index (χ1n) is 10.1. The van der Waals surface area contributed by atoms with Gasteiger partial charge in [-0.1, -0.05) is 72.4 Å². The van der Waals surface area contributed by atoms with Gasteiger partial charge in [0.1, 0.15) is 5.25 Å². The highest BCUT2D eigenvalue weighted by molar-refractivity contribution is 8.00. The SMILES string of the molecule is O=C(C1Sc2nnc(-c3ccccc3)n2NC1c1ccccc1)N1CCCCC1. The molecule has 0 radical (unpaired) electrons. The second-order valence-electron chi connectivity index (χ2n) is 7.45. The number of carbonyl (C=O) groups is 1. The zero-order valence-corrected chi connectivity index (χ0v) is 16.9. The van der Waals surface area contributed by atoms with Crippen LogP contribution in [0.25, 0.3) is 11.4 Å². The second kappa shape index (κ2) is 7.91. The molecule has 2 aliphatic heterocycles. The van der Waals surface area contributed by atoms with Crippen LogP contribution in [0.5, 0.6) is 0 Å². The molecule has 0 aliphatic carbocycles. The molecular weight excluding hydrogens is 382 g/mol. The summed E-state index contributed by atoms with van der Waals surface area (Å²) in [5.41, 5.74) is 5.64. The van der Waals surface area contributed by atoms with Gasteiger partial charge in [0.25, 0.3) is 0 Å². The molecule has 0 bridgehead atoms. The standard InChI is InChI=1S/C22H23N5OS/c28-21(26-14-8-3-9-15-26)19-18(16-10-4-1-5-11-16)25-27-20(23-24-22(27)29-19)17-12-6-2-7-13-17/h1-2,4-7,10-13,18-19,25H,3,8-9,14-15H2. The van der Waals surface area contributed by atoms with Crippen LogP contribution in [0, 0.1) is 0 Å². The maximum atomic E-state index is 13.4. The van der Waals surface area contributed by atoms with Gasteiger partial charge in [0.05, 0.1) is 6.04 Å². The molecule has 0 saturated carbocycles. The van der Waals surface area contributed by atoms with Gasteiger partial charge >= 0.3 is 0 Å². The van der Waals surface area contributed by atoms with Crippen molar-refractivity contribution in [3.05, 3.63) is 66.2 Å². The Balaban J connectivity index is 1.52. The molecule has 6 nitrogen and oxygen atoms in total. The minimum absolute atomic E-state index is 0.151. The van der Waals surface area contributed by atoms with Crippen LogP contribution in [0.15, 0.2) is 65.8 Å². The summed E-state index contributed by atoms with van der Waals surface area (Å²) in [7, 11) is 0. The predicted molar refractivity (Wildman–Crippen MR) is 114 cm³/mol. The van der Waals surface area contributed by atoms with Crippen molar-refractivity contribution in [1.29, 1.82) is 0 Å². The van der Waals surface area contributed by atoms with Gasteiger partial charge < -0.3 is 10.3 Å². The first-order valence-corrected chi connectivity index (χ1v) is 11.0. The molecule has 1 saturated heterocycles. The summed E-state index contributed by atoms with van der Waals surface area (Å²) in [4.78, 5) is 15.4. The van der Waals surface area contributed by atoms with E-state index in [0.717, 1.165) is 48.0 Å². The molecular formula is C22H23N5OS. The quantitative estimate of drug-likeness (QED) is 0.720. The number of benzene rings is 2. The normalized spacial score (nSPS) is 21.3. The number of likely N-dealkylation sites (tertiary alicyclic amines) is 1. The van der Waals surface area contributed by atoms with Crippen molar-refractivity contribution >= 4 is 17.7 Å². The largest absolute Gasteiger partial charge is 0.342 e. The molecule has 7 heteroatoms. The van der Waals surface area contributed by atoms with Crippen LogP contribution in [-0.2, 0) is 4.79 Å². The lowest BCUT2D eigenvalue weighted by Gasteiger charge is -2.37. The van der Waals surface area contributed by atoms with E-state index in [1.54, 1.807) is 0 Å². The van der Waals surface area contributed by atoms with E-state index >= 15 is 0 Å². The van der Waals surface area contributed by atoms with Gasteiger partial charge in [-0.2, -0.15) is 0 Å². The molecule has 3 aromatic rings. The van der Waals surface area contributed by atoms with E-state index in [2.05, 4.69) is 27.8 Å². The first kappa shape index (κ1) is 18.2. The van der Waals surface area contributed by atoms with E-state index < -0.39 is 0 Å². The Hall–Kier alpha value is -2.80. The van der Waals surface area contributed by atoms with Crippen LogP contribution in [-0.4, -0.2) is 44.0 Å². The van der Waals surface area contributed by atoms with Gasteiger partial charge in [-0.25, -0.2) is 4.68 Å². The summed E-state index contributed by atoms with van der Waals surface area (Å²) in [6, 6.07) is 20.0. The van der Waals surface area contributed by atoms with E-state index in [1.165, 1.54) is 18.2 Å². The maximum Gasteiger partial charge on any atom is 0.238 e.